The first-order valence-electron chi connectivity index (χ1n) is 19.8. The summed E-state index contributed by atoms with van der Waals surface area (Å²) in [6.45, 7) is 0. The van der Waals surface area contributed by atoms with E-state index in [1.807, 2.05) is 11.3 Å². The van der Waals surface area contributed by atoms with Crippen molar-refractivity contribution in [3.05, 3.63) is 224 Å². The van der Waals surface area contributed by atoms with Crippen molar-refractivity contribution in [2.75, 3.05) is 4.90 Å². The first-order chi connectivity index (χ1) is 28.8. The van der Waals surface area contributed by atoms with Gasteiger partial charge in [-0.2, -0.15) is 0 Å². The van der Waals surface area contributed by atoms with Gasteiger partial charge in [0.2, 0.25) is 0 Å². The van der Waals surface area contributed by atoms with Gasteiger partial charge in [0.05, 0.1) is 5.69 Å². The molecule has 0 aliphatic rings. The van der Waals surface area contributed by atoms with Crippen LogP contribution in [-0.4, -0.2) is 8.07 Å². The second-order valence-corrected chi connectivity index (χ2v) is 19.6. The van der Waals surface area contributed by atoms with Crippen LogP contribution >= 0.6 is 11.3 Å². The maximum atomic E-state index is 7.14. The summed E-state index contributed by atoms with van der Waals surface area (Å²) in [5.41, 5.74) is 7.20. The SMILES string of the molecule is c1ccc(N(c2ccc([Si](c3ccccc3)(c3ccccc3)c3ccccc3)cc2)c2cccc3c2oc2c(-c4cccc5c4sc4ccccc45)cccc23)cc1. The summed E-state index contributed by atoms with van der Waals surface area (Å²) >= 11 is 1.85. The molecule has 0 atom stereocenters. The fraction of sp³-hybridized carbons (Fsp3) is 0. The van der Waals surface area contributed by atoms with E-state index < -0.39 is 8.07 Å². The van der Waals surface area contributed by atoms with Crippen LogP contribution in [-0.2, 0) is 0 Å². The number of para-hydroxylation sites is 3. The molecule has 274 valence electrons. The van der Waals surface area contributed by atoms with Crippen LogP contribution < -0.4 is 25.6 Å². The predicted octanol–water partition coefficient (Wildman–Crippen LogP) is 12.5. The Morgan fingerprint density at radius 3 is 1.45 bits per heavy atom. The van der Waals surface area contributed by atoms with Crippen LogP contribution in [0.1, 0.15) is 0 Å². The zero-order valence-corrected chi connectivity index (χ0v) is 33.4. The van der Waals surface area contributed by atoms with E-state index in [1.54, 1.807) is 0 Å². The monoisotopic (exact) mass is 775 g/mol. The third-order valence-corrected chi connectivity index (χ3v) is 17.6. The number of thiophene rings is 1. The Morgan fingerprint density at radius 2 is 0.810 bits per heavy atom. The Morgan fingerprint density at radius 1 is 0.345 bits per heavy atom. The Labute approximate surface area is 342 Å². The first-order valence-corrected chi connectivity index (χ1v) is 22.6. The topological polar surface area (TPSA) is 16.4 Å². The highest BCUT2D eigenvalue weighted by Crippen LogP contribution is 2.46. The Hall–Kier alpha value is -6.98. The van der Waals surface area contributed by atoms with Gasteiger partial charge in [-0.3, -0.25) is 0 Å². The minimum atomic E-state index is -2.69. The molecule has 0 bridgehead atoms. The van der Waals surface area contributed by atoms with E-state index in [9.17, 15) is 0 Å². The van der Waals surface area contributed by atoms with Crippen LogP contribution in [0.3, 0.4) is 0 Å². The van der Waals surface area contributed by atoms with E-state index in [1.165, 1.54) is 46.5 Å². The molecular weight excluding hydrogens is 739 g/mol. The minimum absolute atomic E-state index is 0.864. The molecule has 0 N–H and O–H groups in total. The smallest absolute Gasteiger partial charge is 0.179 e. The van der Waals surface area contributed by atoms with Gasteiger partial charge in [-0.25, -0.2) is 0 Å². The minimum Gasteiger partial charge on any atom is -0.453 e. The lowest BCUT2D eigenvalue weighted by atomic mass is 10.00. The van der Waals surface area contributed by atoms with Gasteiger partial charge < -0.3 is 9.32 Å². The number of benzene rings is 9. The van der Waals surface area contributed by atoms with Crippen LogP contribution in [0.2, 0.25) is 0 Å². The van der Waals surface area contributed by atoms with Gasteiger partial charge in [0.1, 0.15) is 5.58 Å². The quantitative estimate of drug-likeness (QED) is 0.113. The van der Waals surface area contributed by atoms with Gasteiger partial charge in [-0.1, -0.05) is 188 Å². The fourth-order valence-electron chi connectivity index (χ4n) is 9.08. The van der Waals surface area contributed by atoms with Gasteiger partial charge in [0.15, 0.2) is 13.7 Å². The van der Waals surface area contributed by atoms with Crippen LogP contribution in [0.5, 0.6) is 0 Å². The maximum Gasteiger partial charge on any atom is 0.179 e. The van der Waals surface area contributed by atoms with Crippen molar-refractivity contribution in [1.82, 2.24) is 0 Å². The number of anilines is 3. The largest absolute Gasteiger partial charge is 0.453 e. The van der Waals surface area contributed by atoms with E-state index in [2.05, 4.69) is 229 Å². The molecule has 2 aromatic heterocycles. The van der Waals surface area contributed by atoms with Crippen LogP contribution in [0.25, 0.3) is 53.2 Å². The molecule has 0 spiro atoms. The summed E-state index contributed by atoms with van der Waals surface area (Å²) in [5.74, 6) is 0. The molecular formula is C54H37NOSSi. The molecule has 0 fully saturated rings. The van der Waals surface area contributed by atoms with Gasteiger partial charge in [-0.05, 0) is 57.1 Å². The Bertz CT molecular complexity index is 3120. The second-order valence-electron chi connectivity index (χ2n) is 14.8. The molecule has 11 aromatic rings. The molecule has 9 aromatic carbocycles. The van der Waals surface area contributed by atoms with Crippen molar-refractivity contribution in [2.24, 2.45) is 0 Å². The van der Waals surface area contributed by atoms with E-state index in [4.69, 9.17) is 4.42 Å². The first kappa shape index (κ1) is 34.3. The average Bonchev–Trinajstić information content (AvgIpc) is 3.88. The van der Waals surface area contributed by atoms with E-state index >= 15 is 0 Å². The van der Waals surface area contributed by atoms with Crippen molar-refractivity contribution in [1.29, 1.82) is 0 Å². The van der Waals surface area contributed by atoms with E-state index in [0.717, 1.165) is 44.6 Å². The number of nitrogens with zero attached hydrogens (tertiary/aromatic N) is 1. The summed E-state index contributed by atoms with van der Waals surface area (Å²) in [6.07, 6.45) is 0. The molecule has 0 radical (unpaired) electrons. The third-order valence-electron chi connectivity index (χ3n) is 11.6. The molecule has 0 amide bonds. The molecule has 2 heterocycles. The van der Waals surface area contributed by atoms with Gasteiger partial charge in [0, 0.05) is 53.4 Å². The summed E-state index contributed by atoms with van der Waals surface area (Å²) in [5, 5.41) is 10.2. The molecule has 2 nitrogen and oxygen atoms in total. The van der Waals surface area contributed by atoms with Gasteiger partial charge >= 0.3 is 0 Å². The number of furan rings is 1. The third kappa shape index (κ3) is 5.45. The van der Waals surface area contributed by atoms with Crippen molar-refractivity contribution in [3.8, 4) is 11.1 Å². The summed E-state index contributed by atoms with van der Waals surface area (Å²) in [7, 11) is -2.69. The lowest BCUT2D eigenvalue weighted by Crippen LogP contribution is -2.74. The average molecular weight is 776 g/mol. The number of hydrogen-bond donors (Lipinski definition) is 0. The van der Waals surface area contributed by atoms with Crippen molar-refractivity contribution in [3.63, 3.8) is 0 Å². The normalized spacial score (nSPS) is 11.8. The number of hydrogen-bond acceptors (Lipinski definition) is 3. The molecule has 0 unspecified atom stereocenters. The molecule has 58 heavy (non-hydrogen) atoms. The summed E-state index contributed by atoms with van der Waals surface area (Å²) < 4.78 is 9.71. The summed E-state index contributed by atoms with van der Waals surface area (Å²) in [4.78, 5) is 2.34. The molecule has 4 heteroatoms. The maximum absolute atomic E-state index is 7.14. The molecule has 0 saturated heterocycles. The highest BCUT2D eigenvalue weighted by atomic mass is 32.1. The standard InChI is InChI=1S/C54H37NOSSi/c1-5-18-38(19-6-1)55(39-34-36-43(37-35-39)58(40-20-7-2-8-21-40,41-22-9-3-10-23-41)42-24-11-4-12-25-42)50-32-17-29-46-45-27-15-28-47(52(45)56-53(46)50)49-31-16-30-48-44-26-13-14-33-51(44)57-54(48)49/h1-37H. The van der Waals surface area contributed by atoms with Crippen molar-refractivity contribution in [2.45, 2.75) is 0 Å². The zero-order valence-electron chi connectivity index (χ0n) is 31.6. The van der Waals surface area contributed by atoms with Crippen LogP contribution in [0, 0.1) is 0 Å². The Kier molecular flexibility index (Phi) is 8.39. The Balaban J connectivity index is 1.10. The number of fused-ring (bicyclic) bond motifs is 6. The zero-order chi connectivity index (χ0) is 38.5. The molecule has 0 saturated carbocycles. The van der Waals surface area contributed by atoms with Gasteiger partial charge in [0.25, 0.3) is 0 Å². The highest BCUT2D eigenvalue weighted by molar-refractivity contribution is 7.26. The molecule has 0 aliphatic heterocycles. The van der Waals surface area contributed by atoms with Crippen molar-refractivity contribution < 1.29 is 4.42 Å². The van der Waals surface area contributed by atoms with Gasteiger partial charge in [-0.15, -0.1) is 11.3 Å². The lowest BCUT2D eigenvalue weighted by Gasteiger charge is -2.35. The van der Waals surface area contributed by atoms with Crippen LogP contribution in [0.15, 0.2) is 229 Å². The highest BCUT2D eigenvalue weighted by Gasteiger charge is 2.41. The second kappa shape index (κ2) is 14.2. The molecule has 0 aliphatic carbocycles. The lowest BCUT2D eigenvalue weighted by molar-refractivity contribution is 0.670. The van der Waals surface area contributed by atoms with E-state index in [-0.39, 0.29) is 0 Å². The predicted molar refractivity (Wildman–Crippen MR) is 250 cm³/mol. The fourth-order valence-corrected chi connectivity index (χ4v) is 15.1. The molecule has 11 rings (SSSR count). The van der Waals surface area contributed by atoms with Crippen LogP contribution in [0.4, 0.5) is 17.1 Å². The number of rotatable bonds is 8. The van der Waals surface area contributed by atoms with Crippen molar-refractivity contribution >= 4 is 99.3 Å². The van der Waals surface area contributed by atoms with E-state index in [0.29, 0.717) is 0 Å². The summed E-state index contributed by atoms with van der Waals surface area (Å²) in [6, 6.07) is 81.8.